The largest absolute Gasteiger partial charge is 0.496 e. The summed E-state index contributed by atoms with van der Waals surface area (Å²) in [6.07, 6.45) is 1.57. The first-order chi connectivity index (χ1) is 18.7. The van der Waals surface area contributed by atoms with Crippen LogP contribution in [0.3, 0.4) is 0 Å². The molecule has 5 aromatic rings. The van der Waals surface area contributed by atoms with Crippen molar-refractivity contribution >= 4 is 44.0 Å². The molecule has 0 radical (unpaired) electrons. The van der Waals surface area contributed by atoms with Gasteiger partial charge in [-0.05, 0) is 47.9 Å². The van der Waals surface area contributed by atoms with Gasteiger partial charge in [0.15, 0.2) is 17.3 Å². The molecular weight excluding hydrogens is 562 g/mol. The van der Waals surface area contributed by atoms with Crippen LogP contribution in [-0.2, 0) is 0 Å². The third-order valence-electron chi connectivity index (χ3n) is 5.95. The molecule has 2 heterocycles. The van der Waals surface area contributed by atoms with E-state index in [0.29, 0.717) is 51.7 Å². The van der Waals surface area contributed by atoms with Crippen LogP contribution >= 0.6 is 15.9 Å². The summed E-state index contributed by atoms with van der Waals surface area (Å²) in [4.78, 5) is 18.5. The van der Waals surface area contributed by atoms with Gasteiger partial charge in [0.25, 0.3) is 5.56 Å². The zero-order valence-corrected chi connectivity index (χ0v) is 23.9. The molecule has 39 heavy (non-hydrogen) atoms. The van der Waals surface area contributed by atoms with Gasteiger partial charge < -0.3 is 18.6 Å². The molecule has 0 aliphatic heterocycles. The van der Waals surface area contributed by atoms with Crippen molar-refractivity contribution in [2.24, 2.45) is 10.5 Å². The number of furan rings is 1. The lowest BCUT2D eigenvalue weighted by molar-refractivity contribution is 0.191. The fourth-order valence-corrected chi connectivity index (χ4v) is 4.57. The van der Waals surface area contributed by atoms with E-state index in [-0.39, 0.29) is 16.8 Å². The molecule has 0 bridgehead atoms. The fraction of sp³-hybridized carbons (Fsp3) is 0.233. The maximum atomic E-state index is 13.7. The minimum atomic E-state index is -0.335. The molecule has 0 aliphatic carbocycles. The number of rotatable bonds is 7. The van der Waals surface area contributed by atoms with Gasteiger partial charge >= 0.3 is 0 Å². The van der Waals surface area contributed by atoms with Gasteiger partial charge in [0.2, 0.25) is 5.82 Å². The molecule has 0 fully saturated rings. The van der Waals surface area contributed by atoms with Gasteiger partial charge in [-0.1, -0.05) is 54.9 Å². The number of methoxy groups -OCH3 is 2. The zero-order valence-electron chi connectivity index (χ0n) is 22.3. The summed E-state index contributed by atoms with van der Waals surface area (Å²) in [7, 11) is 3.18. The highest BCUT2D eigenvalue weighted by Gasteiger charge is 2.20. The van der Waals surface area contributed by atoms with E-state index < -0.39 is 0 Å². The van der Waals surface area contributed by atoms with E-state index in [4.69, 9.17) is 23.6 Å². The van der Waals surface area contributed by atoms with Crippen LogP contribution < -0.4 is 19.8 Å². The third-order valence-corrected chi connectivity index (χ3v) is 6.40. The smallest absolute Gasteiger partial charge is 0.282 e. The van der Waals surface area contributed by atoms with Crippen LogP contribution in [0.5, 0.6) is 17.2 Å². The summed E-state index contributed by atoms with van der Waals surface area (Å²) in [6.45, 7) is 6.71. The Labute approximate surface area is 234 Å². The molecule has 0 unspecified atom stereocenters. The second-order valence-electron chi connectivity index (χ2n) is 10.2. The van der Waals surface area contributed by atoms with Crippen LogP contribution in [0.1, 0.15) is 26.3 Å². The number of para-hydroxylation sites is 1. The van der Waals surface area contributed by atoms with Crippen molar-refractivity contribution in [2.45, 2.75) is 20.8 Å². The first-order valence-corrected chi connectivity index (χ1v) is 13.1. The Kier molecular flexibility index (Phi) is 7.18. The van der Waals surface area contributed by atoms with Gasteiger partial charge in [-0.3, -0.25) is 4.79 Å². The van der Waals surface area contributed by atoms with Crippen LogP contribution in [0.4, 0.5) is 0 Å². The molecule has 0 spiro atoms. The topological polar surface area (TPSA) is 88.1 Å². The maximum Gasteiger partial charge on any atom is 0.282 e. The van der Waals surface area contributed by atoms with Gasteiger partial charge in [0.05, 0.1) is 43.3 Å². The SMILES string of the molecule is COc1cc(Br)cc(C=Nn2c(-c3cc4c(OC)cccc4o3)nc3ccccc3c2=O)c1OCC(C)(C)C. The van der Waals surface area contributed by atoms with E-state index in [9.17, 15) is 4.79 Å². The van der Waals surface area contributed by atoms with E-state index in [0.717, 1.165) is 9.86 Å². The first kappa shape index (κ1) is 26.5. The minimum absolute atomic E-state index is 0.0821. The number of aromatic nitrogens is 2. The Morgan fingerprint density at radius 3 is 2.51 bits per heavy atom. The molecule has 9 heteroatoms. The molecule has 0 amide bonds. The van der Waals surface area contributed by atoms with Crippen LogP contribution in [0.2, 0.25) is 0 Å². The molecule has 5 rings (SSSR count). The fourth-order valence-electron chi connectivity index (χ4n) is 4.11. The van der Waals surface area contributed by atoms with Crippen molar-refractivity contribution in [3.63, 3.8) is 0 Å². The number of ether oxygens (including phenoxy) is 3. The van der Waals surface area contributed by atoms with E-state index in [1.807, 2.05) is 36.4 Å². The second-order valence-corrected chi connectivity index (χ2v) is 11.1. The molecule has 2 aromatic heterocycles. The van der Waals surface area contributed by atoms with E-state index in [1.165, 1.54) is 4.68 Å². The summed E-state index contributed by atoms with van der Waals surface area (Å²) in [5, 5.41) is 5.81. The molecule has 0 saturated heterocycles. The summed E-state index contributed by atoms with van der Waals surface area (Å²) < 4.78 is 25.4. The van der Waals surface area contributed by atoms with Crippen LogP contribution in [-0.4, -0.2) is 36.7 Å². The van der Waals surface area contributed by atoms with E-state index >= 15 is 0 Å². The number of hydrogen-bond acceptors (Lipinski definition) is 7. The summed E-state index contributed by atoms with van der Waals surface area (Å²) in [5.74, 6) is 2.36. The summed E-state index contributed by atoms with van der Waals surface area (Å²) in [5.41, 5.74) is 1.36. The lowest BCUT2D eigenvalue weighted by Gasteiger charge is -2.21. The Morgan fingerprint density at radius 2 is 1.77 bits per heavy atom. The predicted octanol–water partition coefficient (Wildman–Crippen LogP) is 6.90. The monoisotopic (exact) mass is 589 g/mol. The lowest BCUT2D eigenvalue weighted by Crippen LogP contribution is -2.20. The Hall–Kier alpha value is -4.11. The van der Waals surface area contributed by atoms with Crippen LogP contribution in [0.25, 0.3) is 33.5 Å². The standard InChI is InChI=1S/C30H28BrN3O5/c1-30(2,3)17-38-27-18(13-19(31)14-25(27)37-5)16-32-34-28(33-22-10-7-6-9-20(22)29(34)35)26-15-21-23(36-4)11-8-12-24(21)39-26/h6-16H,17H2,1-5H3. The Balaban J connectivity index is 1.70. The molecule has 0 atom stereocenters. The number of fused-ring (bicyclic) bond motifs is 2. The highest BCUT2D eigenvalue weighted by atomic mass is 79.9. The van der Waals surface area contributed by atoms with Crippen molar-refractivity contribution in [1.82, 2.24) is 9.66 Å². The quantitative estimate of drug-likeness (QED) is 0.192. The Morgan fingerprint density at radius 1 is 1.00 bits per heavy atom. The predicted molar refractivity (Wildman–Crippen MR) is 156 cm³/mol. The first-order valence-electron chi connectivity index (χ1n) is 12.3. The van der Waals surface area contributed by atoms with Crippen molar-refractivity contribution < 1.29 is 18.6 Å². The lowest BCUT2D eigenvalue weighted by atomic mass is 9.98. The number of halogens is 1. The Bertz CT molecular complexity index is 1770. The molecule has 8 nitrogen and oxygen atoms in total. The van der Waals surface area contributed by atoms with Crippen LogP contribution in [0, 0.1) is 5.41 Å². The van der Waals surface area contributed by atoms with Crippen molar-refractivity contribution in [3.05, 3.63) is 81.1 Å². The van der Waals surface area contributed by atoms with Gasteiger partial charge in [0.1, 0.15) is 11.3 Å². The summed E-state index contributed by atoms with van der Waals surface area (Å²) in [6, 6.07) is 18.1. The highest BCUT2D eigenvalue weighted by Crippen LogP contribution is 2.36. The van der Waals surface area contributed by atoms with Crippen molar-refractivity contribution in [2.75, 3.05) is 20.8 Å². The molecule has 0 N–H and O–H groups in total. The molecule has 200 valence electrons. The second kappa shape index (κ2) is 10.6. The minimum Gasteiger partial charge on any atom is -0.496 e. The van der Waals surface area contributed by atoms with Crippen molar-refractivity contribution in [3.8, 4) is 28.8 Å². The molecular formula is C30H28BrN3O5. The average Bonchev–Trinajstić information content (AvgIpc) is 3.35. The molecule has 0 aliphatic rings. The highest BCUT2D eigenvalue weighted by molar-refractivity contribution is 9.10. The van der Waals surface area contributed by atoms with E-state index in [1.54, 1.807) is 44.7 Å². The third kappa shape index (κ3) is 5.40. The summed E-state index contributed by atoms with van der Waals surface area (Å²) >= 11 is 3.53. The van der Waals surface area contributed by atoms with Gasteiger partial charge in [-0.25, -0.2) is 4.98 Å². The van der Waals surface area contributed by atoms with Gasteiger partial charge in [-0.2, -0.15) is 9.78 Å². The van der Waals surface area contributed by atoms with Crippen LogP contribution in [0.15, 0.2) is 79.4 Å². The molecule has 3 aromatic carbocycles. The van der Waals surface area contributed by atoms with Gasteiger partial charge in [-0.15, -0.1) is 0 Å². The normalized spacial score (nSPS) is 11.9. The van der Waals surface area contributed by atoms with Gasteiger partial charge in [0, 0.05) is 10.0 Å². The van der Waals surface area contributed by atoms with E-state index in [2.05, 4.69) is 41.8 Å². The average molecular weight is 590 g/mol. The van der Waals surface area contributed by atoms with Crippen molar-refractivity contribution in [1.29, 1.82) is 0 Å². The number of nitrogens with zero attached hydrogens (tertiary/aromatic N) is 3. The maximum absolute atomic E-state index is 13.7. The number of hydrogen-bond donors (Lipinski definition) is 0. The molecule has 0 saturated carbocycles. The number of benzene rings is 3. The zero-order chi connectivity index (χ0) is 27.7.